The third kappa shape index (κ3) is 6.40. The SMILES string of the molecule is N#Cc1ccc(C2CCN(C(=O)CCOCC(Nc3cn[nH]c(=O)c3C(F)(F)F)C3CC3)CC2)nc1. The molecule has 3 heterocycles. The van der Waals surface area contributed by atoms with E-state index in [-0.39, 0.29) is 43.1 Å². The van der Waals surface area contributed by atoms with Crippen molar-refractivity contribution in [2.75, 3.05) is 31.6 Å². The molecule has 1 unspecified atom stereocenters. The molecule has 2 aromatic heterocycles. The van der Waals surface area contributed by atoms with Gasteiger partial charge in [0.1, 0.15) is 11.6 Å². The normalized spacial score (nSPS) is 17.4. The van der Waals surface area contributed by atoms with Crippen molar-refractivity contribution < 1.29 is 22.7 Å². The van der Waals surface area contributed by atoms with E-state index in [1.165, 1.54) is 0 Å². The minimum Gasteiger partial charge on any atom is -0.379 e. The van der Waals surface area contributed by atoms with Crippen molar-refractivity contribution >= 4 is 11.6 Å². The first-order valence-electron chi connectivity index (χ1n) is 11.9. The minimum atomic E-state index is -4.82. The number of aromatic nitrogens is 3. The number of likely N-dealkylation sites (tertiary alicyclic amines) is 1. The molecule has 36 heavy (non-hydrogen) atoms. The molecule has 0 radical (unpaired) electrons. The standard InChI is InChI=1S/C24H27F3N6O3/c25-24(26,27)22-19(13-30-32-23(22)35)31-20(16-2-3-16)14-36-10-7-21(34)33-8-5-17(6-9-33)18-4-1-15(11-28)12-29-18/h1,4,12-13,16-17,20H,2-3,5-10,14H2,(H2,31,32,35). The predicted octanol–water partition coefficient (Wildman–Crippen LogP) is 3.06. The summed E-state index contributed by atoms with van der Waals surface area (Å²) in [5, 5.41) is 17.0. The number of hydrogen-bond donors (Lipinski definition) is 2. The van der Waals surface area contributed by atoms with Gasteiger partial charge in [-0.25, -0.2) is 5.10 Å². The fourth-order valence-electron chi connectivity index (χ4n) is 4.45. The van der Waals surface area contributed by atoms with E-state index >= 15 is 0 Å². The van der Waals surface area contributed by atoms with Crippen molar-refractivity contribution in [1.82, 2.24) is 20.1 Å². The molecule has 2 N–H and O–H groups in total. The number of nitriles is 1. The highest BCUT2D eigenvalue weighted by molar-refractivity contribution is 5.76. The van der Waals surface area contributed by atoms with Gasteiger partial charge in [-0.2, -0.15) is 23.5 Å². The summed E-state index contributed by atoms with van der Waals surface area (Å²) in [4.78, 5) is 30.5. The Bertz CT molecular complexity index is 1150. The second-order valence-electron chi connectivity index (χ2n) is 9.14. The van der Waals surface area contributed by atoms with Gasteiger partial charge in [-0.1, -0.05) is 0 Å². The zero-order valence-corrected chi connectivity index (χ0v) is 19.6. The van der Waals surface area contributed by atoms with Crippen LogP contribution in [0.3, 0.4) is 0 Å². The number of nitrogens with one attached hydrogen (secondary N) is 2. The first-order valence-corrected chi connectivity index (χ1v) is 11.9. The molecule has 0 bridgehead atoms. The molecule has 2 aromatic rings. The summed E-state index contributed by atoms with van der Waals surface area (Å²) in [5.74, 6) is 0.343. The van der Waals surface area contributed by atoms with Gasteiger partial charge in [0, 0.05) is 30.9 Å². The Hall–Kier alpha value is -3.46. The molecule has 12 heteroatoms. The number of aromatic amines is 1. The van der Waals surface area contributed by atoms with Gasteiger partial charge in [0.05, 0.1) is 43.1 Å². The summed E-state index contributed by atoms with van der Waals surface area (Å²) in [6, 6.07) is 5.24. The second-order valence-corrected chi connectivity index (χ2v) is 9.14. The number of ether oxygens (including phenoxy) is 1. The van der Waals surface area contributed by atoms with Crippen molar-refractivity contribution in [3.8, 4) is 6.07 Å². The number of hydrogen-bond acceptors (Lipinski definition) is 7. The molecule has 2 aliphatic rings. The topological polar surface area (TPSA) is 124 Å². The Morgan fingerprint density at radius 3 is 2.61 bits per heavy atom. The van der Waals surface area contributed by atoms with Crippen LogP contribution in [0.15, 0.2) is 29.3 Å². The zero-order chi connectivity index (χ0) is 25.7. The maximum Gasteiger partial charge on any atom is 0.423 e. The van der Waals surface area contributed by atoms with Crippen LogP contribution in [0.25, 0.3) is 0 Å². The number of halogens is 3. The second kappa shape index (κ2) is 11.1. The van der Waals surface area contributed by atoms with E-state index in [0.717, 1.165) is 37.6 Å². The molecule has 192 valence electrons. The maximum absolute atomic E-state index is 13.3. The van der Waals surface area contributed by atoms with Crippen molar-refractivity contribution in [2.24, 2.45) is 5.92 Å². The molecule has 0 aromatic carbocycles. The van der Waals surface area contributed by atoms with Gasteiger partial charge < -0.3 is 15.0 Å². The fraction of sp³-hybridized carbons (Fsp3) is 0.542. The van der Waals surface area contributed by atoms with Crippen molar-refractivity contribution in [2.45, 2.75) is 50.2 Å². The lowest BCUT2D eigenvalue weighted by atomic mass is 9.92. The highest BCUT2D eigenvalue weighted by Crippen LogP contribution is 2.37. The van der Waals surface area contributed by atoms with Crippen LogP contribution in [0.1, 0.15) is 54.8 Å². The largest absolute Gasteiger partial charge is 0.423 e. The van der Waals surface area contributed by atoms with Crippen LogP contribution in [-0.4, -0.2) is 58.3 Å². The number of piperidine rings is 1. The molecular weight excluding hydrogens is 477 g/mol. The summed E-state index contributed by atoms with van der Waals surface area (Å²) >= 11 is 0. The van der Waals surface area contributed by atoms with E-state index in [9.17, 15) is 22.8 Å². The summed E-state index contributed by atoms with van der Waals surface area (Å²) in [7, 11) is 0. The lowest BCUT2D eigenvalue weighted by Gasteiger charge is -2.32. The van der Waals surface area contributed by atoms with E-state index in [4.69, 9.17) is 10.00 Å². The molecular formula is C24H27F3N6O3. The number of amides is 1. The Kier molecular flexibility index (Phi) is 7.88. The van der Waals surface area contributed by atoms with Crippen LogP contribution in [-0.2, 0) is 15.7 Å². The van der Waals surface area contributed by atoms with Crippen LogP contribution in [0.4, 0.5) is 18.9 Å². The third-order valence-corrected chi connectivity index (χ3v) is 6.61. The summed E-state index contributed by atoms with van der Waals surface area (Å²) < 4.78 is 45.6. The molecule has 4 rings (SSSR count). The van der Waals surface area contributed by atoms with Gasteiger partial charge >= 0.3 is 6.18 Å². The Morgan fingerprint density at radius 2 is 2.00 bits per heavy atom. The maximum atomic E-state index is 13.3. The van der Waals surface area contributed by atoms with Gasteiger partial charge in [0.25, 0.3) is 5.56 Å². The van der Waals surface area contributed by atoms with Crippen molar-refractivity contribution in [1.29, 1.82) is 5.26 Å². The number of rotatable bonds is 9. The molecule has 2 fully saturated rings. The van der Waals surface area contributed by atoms with Crippen LogP contribution >= 0.6 is 0 Å². The number of carbonyl (C=O) groups excluding carboxylic acids is 1. The van der Waals surface area contributed by atoms with Crippen molar-refractivity contribution in [3.63, 3.8) is 0 Å². The van der Waals surface area contributed by atoms with E-state index in [1.54, 1.807) is 17.2 Å². The molecule has 1 saturated carbocycles. The van der Waals surface area contributed by atoms with E-state index in [1.807, 2.05) is 17.2 Å². The van der Waals surface area contributed by atoms with Gasteiger partial charge in [0.15, 0.2) is 0 Å². The minimum absolute atomic E-state index is 0.0321. The summed E-state index contributed by atoms with van der Waals surface area (Å²) in [6.45, 7) is 1.48. The first kappa shape index (κ1) is 25.6. The lowest BCUT2D eigenvalue weighted by Crippen LogP contribution is -2.38. The summed E-state index contributed by atoms with van der Waals surface area (Å²) in [6.07, 6.45) is 1.14. The predicted molar refractivity (Wildman–Crippen MR) is 123 cm³/mol. The highest BCUT2D eigenvalue weighted by atomic mass is 19.4. The Morgan fingerprint density at radius 1 is 1.25 bits per heavy atom. The van der Waals surface area contributed by atoms with E-state index in [2.05, 4.69) is 15.4 Å². The Balaban J connectivity index is 1.23. The molecule has 1 amide bonds. The van der Waals surface area contributed by atoms with Crippen LogP contribution in [0, 0.1) is 17.2 Å². The molecule has 9 nitrogen and oxygen atoms in total. The molecule has 1 saturated heterocycles. The monoisotopic (exact) mass is 504 g/mol. The highest BCUT2D eigenvalue weighted by Gasteiger charge is 2.39. The summed E-state index contributed by atoms with van der Waals surface area (Å²) in [5.41, 5.74) is -1.54. The smallest absolute Gasteiger partial charge is 0.379 e. The quantitative estimate of drug-likeness (QED) is 0.503. The Labute approximate surface area is 205 Å². The molecule has 1 atom stereocenters. The van der Waals surface area contributed by atoms with Gasteiger partial charge in [-0.05, 0) is 43.7 Å². The van der Waals surface area contributed by atoms with Crippen LogP contribution < -0.4 is 10.9 Å². The first-order chi connectivity index (χ1) is 17.3. The average Bonchev–Trinajstić information content (AvgIpc) is 3.71. The van der Waals surface area contributed by atoms with Gasteiger partial charge in [0.2, 0.25) is 5.91 Å². The van der Waals surface area contributed by atoms with Crippen LogP contribution in [0.2, 0.25) is 0 Å². The number of H-pyrrole nitrogens is 1. The molecule has 1 aliphatic heterocycles. The van der Waals surface area contributed by atoms with Crippen molar-refractivity contribution in [3.05, 3.63) is 51.7 Å². The lowest BCUT2D eigenvalue weighted by molar-refractivity contribution is -0.138. The number of carbonyl (C=O) groups is 1. The molecule has 1 aliphatic carbocycles. The fourth-order valence-corrected chi connectivity index (χ4v) is 4.45. The average molecular weight is 505 g/mol. The number of alkyl halides is 3. The number of nitrogens with zero attached hydrogens (tertiary/aromatic N) is 4. The number of pyridine rings is 1. The van der Waals surface area contributed by atoms with E-state index < -0.39 is 23.3 Å². The van der Waals surface area contributed by atoms with Crippen LogP contribution in [0.5, 0.6) is 0 Å². The van der Waals surface area contributed by atoms with Gasteiger partial charge in [-0.3, -0.25) is 14.6 Å². The molecule has 0 spiro atoms. The number of anilines is 1. The van der Waals surface area contributed by atoms with E-state index in [0.29, 0.717) is 18.7 Å². The third-order valence-electron chi connectivity index (χ3n) is 6.61. The zero-order valence-electron chi connectivity index (χ0n) is 19.6. The van der Waals surface area contributed by atoms with Gasteiger partial charge in [-0.15, -0.1) is 0 Å².